The van der Waals surface area contributed by atoms with Crippen LogP contribution in [0, 0.1) is 0 Å². The van der Waals surface area contributed by atoms with E-state index in [4.69, 9.17) is 15.0 Å². The molecule has 164 valence electrons. The Morgan fingerprint density at radius 2 is 1.09 bits per heavy atom. The van der Waals surface area contributed by atoms with Gasteiger partial charge >= 0.3 is 0 Å². The number of rotatable bonds is 2. The average Bonchev–Trinajstić information content (AvgIpc) is 3.55. The van der Waals surface area contributed by atoms with Gasteiger partial charge in [-0.2, -0.15) is 4.98 Å². The molecule has 0 unspecified atom stereocenters. The topological polar surface area (TPSA) is 52.9 Å². The van der Waals surface area contributed by atoms with Crippen LogP contribution >= 0.6 is 0 Å². The summed E-state index contributed by atoms with van der Waals surface area (Å²) >= 11 is 0. The quantitative estimate of drug-likeness (QED) is 0.310. The van der Waals surface area contributed by atoms with E-state index >= 15 is 0 Å². The molecule has 4 aromatic heterocycles. The highest BCUT2D eigenvalue weighted by molar-refractivity contribution is 6.09. The molecule has 35 heavy (non-hydrogen) atoms. The number of fused-ring (bicyclic) bond motifs is 8. The van der Waals surface area contributed by atoms with Crippen LogP contribution in [0.4, 0.5) is 0 Å². The van der Waals surface area contributed by atoms with Gasteiger partial charge in [0, 0.05) is 17.0 Å². The summed E-state index contributed by atoms with van der Waals surface area (Å²) in [6.45, 7) is 0. The second-order valence-electron chi connectivity index (χ2n) is 8.64. The zero-order valence-corrected chi connectivity index (χ0v) is 18.6. The first-order chi connectivity index (χ1) is 17.4. The second-order valence-corrected chi connectivity index (χ2v) is 8.64. The lowest BCUT2D eigenvalue weighted by Gasteiger charge is -2.09. The average molecular weight is 451 g/mol. The van der Waals surface area contributed by atoms with Gasteiger partial charge in [0.15, 0.2) is 0 Å². The summed E-state index contributed by atoms with van der Waals surface area (Å²) in [6.07, 6.45) is 1.83. The summed E-state index contributed by atoms with van der Waals surface area (Å²) in [7, 11) is 0. The highest BCUT2D eigenvalue weighted by atomic mass is 15.3. The fourth-order valence-electron chi connectivity index (χ4n) is 5.29. The summed E-state index contributed by atoms with van der Waals surface area (Å²) in [4.78, 5) is 14.8. The molecule has 6 heteroatoms. The van der Waals surface area contributed by atoms with E-state index in [9.17, 15) is 0 Å². The van der Waals surface area contributed by atoms with Crippen LogP contribution in [0.15, 0.2) is 109 Å². The molecule has 0 saturated heterocycles. The Labute approximate surface area is 199 Å². The maximum atomic E-state index is 5.09. The Morgan fingerprint density at radius 1 is 0.486 bits per heavy atom. The number of hydrogen-bond donors (Lipinski definition) is 0. The first-order valence-electron chi connectivity index (χ1n) is 11.6. The molecule has 0 spiro atoms. The van der Waals surface area contributed by atoms with E-state index in [1.165, 1.54) is 10.8 Å². The minimum Gasteiger partial charge on any atom is -0.294 e. The number of hydrogen-bond acceptors (Lipinski definition) is 3. The van der Waals surface area contributed by atoms with Gasteiger partial charge < -0.3 is 0 Å². The van der Waals surface area contributed by atoms with Gasteiger partial charge in [-0.15, -0.1) is 0 Å². The number of benzene rings is 4. The first-order valence-corrected chi connectivity index (χ1v) is 11.6. The molecule has 0 fully saturated rings. The number of imidazole rings is 2. The third-order valence-corrected chi connectivity index (χ3v) is 6.74. The van der Waals surface area contributed by atoms with Gasteiger partial charge in [-0.1, -0.05) is 60.7 Å². The Balaban J connectivity index is 1.46. The largest absolute Gasteiger partial charge is 0.294 e. The van der Waals surface area contributed by atoms with Crippen LogP contribution in [0.25, 0.3) is 61.4 Å². The fourth-order valence-corrected chi connectivity index (χ4v) is 5.29. The molecule has 0 aliphatic heterocycles. The van der Waals surface area contributed by atoms with Crippen LogP contribution in [0.1, 0.15) is 0 Å². The van der Waals surface area contributed by atoms with Gasteiger partial charge in [0.25, 0.3) is 0 Å². The van der Waals surface area contributed by atoms with Crippen LogP contribution in [0.3, 0.4) is 0 Å². The van der Waals surface area contributed by atoms with Crippen molar-refractivity contribution in [2.75, 3.05) is 0 Å². The summed E-state index contributed by atoms with van der Waals surface area (Å²) in [6, 6.07) is 35.4. The molecular formula is C29H18N6. The smallest absolute Gasteiger partial charge is 0.239 e. The molecule has 0 N–H and O–H groups in total. The normalized spacial score (nSPS) is 12.0. The first kappa shape index (κ1) is 18.5. The van der Waals surface area contributed by atoms with Crippen LogP contribution < -0.4 is 0 Å². The van der Waals surface area contributed by atoms with E-state index in [-0.39, 0.29) is 0 Å². The summed E-state index contributed by atoms with van der Waals surface area (Å²) < 4.78 is 6.44. The summed E-state index contributed by atoms with van der Waals surface area (Å²) in [5.74, 6) is 2.21. The maximum Gasteiger partial charge on any atom is 0.239 e. The zero-order chi connectivity index (χ0) is 22.9. The fraction of sp³-hybridized carbons (Fsp3) is 0. The van der Waals surface area contributed by atoms with Crippen LogP contribution in [-0.2, 0) is 0 Å². The minimum absolute atomic E-state index is 0.589. The number of para-hydroxylation sites is 6. The van der Waals surface area contributed by atoms with Crippen LogP contribution in [0.2, 0.25) is 0 Å². The van der Waals surface area contributed by atoms with Crippen LogP contribution in [-0.4, -0.2) is 28.5 Å². The van der Waals surface area contributed by atoms with Crippen molar-refractivity contribution in [2.24, 2.45) is 0 Å². The van der Waals surface area contributed by atoms with E-state index in [1.54, 1.807) is 0 Å². The Kier molecular flexibility index (Phi) is 3.57. The number of nitrogens with zero attached hydrogens (tertiary/aromatic N) is 6. The molecule has 4 aromatic carbocycles. The molecule has 0 saturated carbocycles. The summed E-state index contributed by atoms with van der Waals surface area (Å²) in [5, 5.41) is 2.41. The Morgan fingerprint density at radius 3 is 1.83 bits per heavy atom. The van der Waals surface area contributed by atoms with Gasteiger partial charge in [0.2, 0.25) is 11.7 Å². The lowest BCUT2D eigenvalue weighted by atomic mass is 10.2. The Bertz CT molecular complexity index is 2020. The lowest BCUT2D eigenvalue weighted by molar-refractivity contribution is 0.934. The second kappa shape index (κ2) is 6.77. The van der Waals surface area contributed by atoms with Crippen molar-refractivity contribution >= 4 is 49.7 Å². The van der Waals surface area contributed by atoms with Gasteiger partial charge in [-0.25, -0.2) is 14.5 Å². The highest BCUT2D eigenvalue weighted by Crippen LogP contribution is 2.32. The van der Waals surface area contributed by atoms with Gasteiger partial charge in [0.1, 0.15) is 5.82 Å². The molecule has 0 atom stereocenters. The highest BCUT2D eigenvalue weighted by Gasteiger charge is 2.19. The summed E-state index contributed by atoms with van der Waals surface area (Å²) in [5.41, 5.74) is 6.33. The molecule has 8 rings (SSSR count). The molecule has 4 heterocycles. The molecule has 8 aromatic rings. The predicted octanol–water partition coefficient (Wildman–Crippen LogP) is 6.32. The molecule has 6 nitrogen and oxygen atoms in total. The minimum atomic E-state index is 0.589. The van der Waals surface area contributed by atoms with Crippen LogP contribution in [0.5, 0.6) is 0 Å². The van der Waals surface area contributed by atoms with Crippen molar-refractivity contribution in [3.8, 4) is 11.8 Å². The van der Waals surface area contributed by atoms with Crippen molar-refractivity contribution in [1.82, 2.24) is 28.5 Å². The third kappa shape index (κ3) is 2.45. The van der Waals surface area contributed by atoms with Gasteiger partial charge in [-0.3, -0.25) is 8.97 Å². The van der Waals surface area contributed by atoms with E-state index in [2.05, 4.69) is 81.8 Å². The molecule has 0 aliphatic rings. The molecule has 0 aliphatic carbocycles. The Hall–Kier alpha value is -4.97. The molecule has 0 bridgehead atoms. The number of aromatic nitrogens is 6. The van der Waals surface area contributed by atoms with Gasteiger partial charge in [0.05, 0.1) is 33.1 Å². The predicted molar refractivity (Wildman–Crippen MR) is 139 cm³/mol. The lowest BCUT2D eigenvalue weighted by Crippen LogP contribution is -2.05. The van der Waals surface area contributed by atoms with E-state index in [0.717, 1.165) is 44.7 Å². The molecular weight excluding hydrogens is 432 g/mol. The maximum absolute atomic E-state index is 5.09. The van der Waals surface area contributed by atoms with Crippen molar-refractivity contribution < 1.29 is 0 Å². The van der Waals surface area contributed by atoms with Crippen molar-refractivity contribution in [1.29, 1.82) is 0 Å². The van der Waals surface area contributed by atoms with Crippen molar-refractivity contribution in [3.05, 3.63) is 109 Å². The zero-order valence-electron chi connectivity index (χ0n) is 18.6. The third-order valence-electron chi connectivity index (χ3n) is 6.74. The monoisotopic (exact) mass is 450 g/mol. The van der Waals surface area contributed by atoms with Crippen molar-refractivity contribution in [2.45, 2.75) is 0 Å². The van der Waals surface area contributed by atoms with E-state index in [1.807, 2.05) is 41.1 Å². The molecule has 0 amide bonds. The van der Waals surface area contributed by atoms with E-state index in [0.29, 0.717) is 5.95 Å². The SMILES string of the molecule is c1ccc2c(c1)nc1n(-c3nccc(-n4c5ccccc5c5ccccc54)n3)c3ccccc3n21. The molecule has 0 radical (unpaired) electrons. The van der Waals surface area contributed by atoms with Crippen molar-refractivity contribution in [3.63, 3.8) is 0 Å². The van der Waals surface area contributed by atoms with E-state index < -0.39 is 0 Å². The van der Waals surface area contributed by atoms with Gasteiger partial charge in [-0.05, 0) is 42.5 Å². The standard InChI is InChI=1S/C29H18N6/c1-4-12-22-19(9-1)20-10-2-5-13-23(20)33(22)27-17-18-30-28(32-27)35-26-16-8-7-15-25(26)34-24-14-6-3-11-21(24)31-29(34)35/h1-18H.